The molecule has 2 rings (SSSR count). The Bertz CT molecular complexity index is 785. The second-order valence-corrected chi connectivity index (χ2v) is 5.83. The highest BCUT2D eigenvalue weighted by atomic mass is 19.3. The van der Waals surface area contributed by atoms with Crippen molar-refractivity contribution >= 4 is 5.96 Å². The van der Waals surface area contributed by atoms with Gasteiger partial charge < -0.3 is 20.1 Å². The van der Waals surface area contributed by atoms with Gasteiger partial charge in [0, 0.05) is 20.1 Å². The molecule has 0 radical (unpaired) electrons. The van der Waals surface area contributed by atoms with Crippen LogP contribution in [0.25, 0.3) is 0 Å². The zero-order chi connectivity index (χ0) is 20.4. The van der Waals surface area contributed by atoms with E-state index in [0.29, 0.717) is 32.1 Å². The normalized spacial score (nSPS) is 11.4. The van der Waals surface area contributed by atoms with Gasteiger partial charge in [0.1, 0.15) is 5.82 Å². The average molecular weight is 395 g/mol. The lowest BCUT2D eigenvalue weighted by molar-refractivity contribution is -0.0514. The average Bonchev–Trinajstić information content (AvgIpc) is 2.66. The standard InChI is InChI=1S/C20H24F3N3O2/c1-3-27-18-12-15(7-8-17(18)28-19(22)23)13-26-20(24-2)25-10-9-14-5-4-6-16(21)11-14/h4-8,11-12,19H,3,9-10,13H2,1-2H3,(H2,24,25,26). The zero-order valence-electron chi connectivity index (χ0n) is 15.8. The van der Waals surface area contributed by atoms with Crippen molar-refractivity contribution in [1.82, 2.24) is 10.6 Å². The highest BCUT2D eigenvalue weighted by Gasteiger charge is 2.11. The number of alkyl halides is 2. The number of benzene rings is 2. The molecule has 0 aliphatic carbocycles. The summed E-state index contributed by atoms with van der Waals surface area (Å²) < 4.78 is 48.0. The first kappa shape index (κ1) is 21.4. The molecule has 8 heteroatoms. The molecule has 5 nitrogen and oxygen atoms in total. The molecule has 2 N–H and O–H groups in total. The van der Waals surface area contributed by atoms with Gasteiger partial charge in [-0.1, -0.05) is 18.2 Å². The van der Waals surface area contributed by atoms with Crippen LogP contribution in [0.1, 0.15) is 18.1 Å². The van der Waals surface area contributed by atoms with Gasteiger partial charge in [-0.3, -0.25) is 4.99 Å². The van der Waals surface area contributed by atoms with Crippen LogP contribution in [-0.4, -0.2) is 32.8 Å². The summed E-state index contributed by atoms with van der Waals surface area (Å²) in [5.41, 5.74) is 1.71. The molecule has 28 heavy (non-hydrogen) atoms. The summed E-state index contributed by atoms with van der Waals surface area (Å²) in [7, 11) is 1.64. The SMILES string of the molecule is CCOc1cc(CNC(=NC)NCCc2cccc(F)c2)ccc1OC(F)F. The van der Waals surface area contributed by atoms with Gasteiger partial charge in [0.05, 0.1) is 6.61 Å². The summed E-state index contributed by atoms with van der Waals surface area (Å²) in [6.07, 6.45) is 0.645. The molecule has 0 amide bonds. The molecule has 0 heterocycles. The van der Waals surface area contributed by atoms with Crippen LogP contribution in [0.4, 0.5) is 13.2 Å². The van der Waals surface area contributed by atoms with E-state index in [0.717, 1.165) is 11.1 Å². The van der Waals surface area contributed by atoms with Crippen molar-refractivity contribution in [2.75, 3.05) is 20.2 Å². The monoisotopic (exact) mass is 395 g/mol. The van der Waals surface area contributed by atoms with Gasteiger partial charge in [0.25, 0.3) is 0 Å². The van der Waals surface area contributed by atoms with Crippen molar-refractivity contribution in [2.45, 2.75) is 26.5 Å². The molecule has 0 aliphatic heterocycles. The van der Waals surface area contributed by atoms with Crippen LogP contribution in [0.5, 0.6) is 11.5 Å². The number of ether oxygens (including phenoxy) is 2. The Kier molecular flexibility index (Phi) is 8.45. The number of hydrogen-bond donors (Lipinski definition) is 2. The third-order valence-corrected chi connectivity index (χ3v) is 3.80. The summed E-state index contributed by atoms with van der Waals surface area (Å²) in [4.78, 5) is 4.13. The van der Waals surface area contributed by atoms with Crippen LogP contribution in [0.2, 0.25) is 0 Å². The fourth-order valence-corrected chi connectivity index (χ4v) is 2.55. The van der Waals surface area contributed by atoms with Crippen molar-refractivity contribution in [3.8, 4) is 11.5 Å². The lowest BCUT2D eigenvalue weighted by atomic mass is 10.1. The van der Waals surface area contributed by atoms with Crippen LogP contribution in [-0.2, 0) is 13.0 Å². The van der Waals surface area contributed by atoms with Gasteiger partial charge in [-0.2, -0.15) is 8.78 Å². The summed E-state index contributed by atoms with van der Waals surface area (Å²) in [5, 5.41) is 6.28. The molecule has 0 unspecified atom stereocenters. The molecular weight excluding hydrogens is 371 g/mol. The fourth-order valence-electron chi connectivity index (χ4n) is 2.55. The molecule has 0 spiro atoms. The Labute approximate surface area is 162 Å². The van der Waals surface area contributed by atoms with Crippen LogP contribution >= 0.6 is 0 Å². The third kappa shape index (κ3) is 7.02. The predicted molar refractivity (Wildman–Crippen MR) is 103 cm³/mol. The molecule has 152 valence electrons. The molecule has 0 saturated heterocycles. The minimum Gasteiger partial charge on any atom is -0.490 e. The topological polar surface area (TPSA) is 54.9 Å². The maximum absolute atomic E-state index is 13.2. The Hall–Kier alpha value is -2.90. The summed E-state index contributed by atoms with van der Waals surface area (Å²) in [5.74, 6) is 0.570. The maximum Gasteiger partial charge on any atom is 0.387 e. The Morgan fingerprint density at radius 2 is 1.89 bits per heavy atom. The first-order chi connectivity index (χ1) is 13.5. The van der Waals surface area contributed by atoms with Crippen LogP contribution < -0.4 is 20.1 Å². The summed E-state index contributed by atoms with van der Waals surface area (Å²) >= 11 is 0. The van der Waals surface area contributed by atoms with E-state index < -0.39 is 6.61 Å². The minimum atomic E-state index is -2.91. The van der Waals surface area contributed by atoms with Crippen molar-refractivity contribution in [2.24, 2.45) is 4.99 Å². The number of aliphatic imine (C=N–C) groups is 1. The van der Waals surface area contributed by atoms with E-state index in [1.165, 1.54) is 18.2 Å². The molecular formula is C20H24F3N3O2. The van der Waals surface area contributed by atoms with Gasteiger partial charge in [-0.25, -0.2) is 4.39 Å². The van der Waals surface area contributed by atoms with Crippen LogP contribution in [0.3, 0.4) is 0 Å². The molecule has 0 atom stereocenters. The predicted octanol–water partition coefficient (Wildman–Crippen LogP) is 3.73. The van der Waals surface area contributed by atoms with Gasteiger partial charge >= 0.3 is 6.61 Å². The molecule has 0 aliphatic rings. The first-order valence-corrected chi connectivity index (χ1v) is 8.91. The van der Waals surface area contributed by atoms with Crippen LogP contribution in [0, 0.1) is 5.82 Å². The fraction of sp³-hybridized carbons (Fsp3) is 0.350. The Morgan fingerprint density at radius 1 is 1.07 bits per heavy atom. The minimum absolute atomic E-state index is 0.00167. The zero-order valence-corrected chi connectivity index (χ0v) is 15.8. The first-order valence-electron chi connectivity index (χ1n) is 8.91. The molecule has 0 fully saturated rings. The van der Waals surface area contributed by atoms with Crippen molar-refractivity contribution < 1.29 is 22.6 Å². The van der Waals surface area contributed by atoms with Crippen molar-refractivity contribution in [1.29, 1.82) is 0 Å². The number of hydrogen-bond acceptors (Lipinski definition) is 3. The summed E-state index contributed by atoms with van der Waals surface area (Å²) in [6, 6.07) is 11.2. The van der Waals surface area contributed by atoms with Gasteiger partial charge in [0.2, 0.25) is 0 Å². The number of guanidine groups is 1. The lowest BCUT2D eigenvalue weighted by Gasteiger charge is -2.15. The molecule has 0 saturated carbocycles. The Morgan fingerprint density at radius 3 is 2.57 bits per heavy atom. The molecule has 2 aromatic rings. The number of nitrogens with one attached hydrogen (secondary N) is 2. The molecule has 0 aromatic heterocycles. The third-order valence-electron chi connectivity index (χ3n) is 3.80. The Balaban J connectivity index is 1.89. The number of rotatable bonds is 9. The van der Waals surface area contributed by atoms with E-state index >= 15 is 0 Å². The summed E-state index contributed by atoms with van der Waals surface area (Å²) in [6.45, 7) is 0.175. The van der Waals surface area contributed by atoms with Crippen molar-refractivity contribution in [3.63, 3.8) is 0 Å². The lowest BCUT2D eigenvalue weighted by Crippen LogP contribution is -2.37. The second-order valence-electron chi connectivity index (χ2n) is 5.83. The van der Waals surface area contributed by atoms with E-state index in [1.807, 2.05) is 6.07 Å². The van der Waals surface area contributed by atoms with Gasteiger partial charge in [0.15, 0.2) is 17.5 Å². The van der Waals surface area contributed by atoms with Gasteiger partial charge in [-0.05, 0) is 48.7 Å². The van der Waals surface area contributed by atoms with E-state index in [2.05, 4.69) is 20.4 Å². The van der Waals surface area contributed by atoms with Crippen LogP contribution in [0.15, 0.2) is 47.5 Å². The van der Waals surface area contributed by atoms with Crippen molar-refractivity contribution in [3.05, 3.63) is 59.4 Å². The van der Waals surface area contributed by atoms with E-state index in [1.54, 1.807) is 32.2 Å². The maximum atomic E-state index is 13.2. The quantitative estimate of drug-likeness (QED) is 0.502. The largest absolute Gasteiger partial charge is 0.490 e. The molecule has 0 bridgehead atoms. The highest BCUT2D eigenvalue weighted by Crippen LogP contribution is 2.29. The second kappa shape index (κ2) is 11.1. The smallest absolute Gasteiger partial charge is 0.387 e. The van der Waals surface area contributed by atoms with E-state index in [4.69, 9.17) is 4.74 Å². The van der Waals surface area contributed by atoms with Gasteiger partial charge in [-0.15, -0.1) is 0 Å². The number of halogens is 3. The molecule has 2 aromatic carbocycles. The van der Waals surface area contributed by atoms with E-state index in [9.17, 15) is 13.2 Å². The number of nitrogens with zero attached hydrogens (tertiary/aromatic N) is 1. The van der Waals surface area contributed by atoms with E-state index in [-0.39, 0.29) is 17.3 Å². The highest BCUT2D eigenvalue weighted by molar-refractivity contribution is 5.79.